The first-order valence-electron chi connectivity index (χ1n) is 8.14. The highest BCUT2D eigenvalue weighted by Gasteiger charge is 2.22. The highest BCUT2D eigenvalue weighted by molar-refractivity contribution is 5.98. The van der Waals surface area contributed by atoms with Gasteiger partial charge in [0.05, 0.1) is 0 Å². The van der Waals surface area contributed by atoms with E-state index in [1.54, 1.807) is 18.1 Å². The second-order valence-corrected chi connectivity index (χ2v) is 6.19. The summed E-state index contributed by atoms with van der Waals surface area (Å²) in [6.07, 6.45) is 2.37. The smallest absolute Gasteiger partial charge is 0.355 e. The first kappa shape index (κ1) is 17.0. The van der Waals surface area contributed by atoms with E-state index in [0.717, 1.165) is 12.0 Å². The minimum Gasteiger partial charge on any atom is -0.451 e. The number of hydrogen-bond donors (Lipinski definition) is 0. The summed E-state index contributed by atoms with van der Waals surface area (Å²) in [6, 6.07) is 9.50. The Hall–Kier alpha value is -2.89. The third-order valence-electron chi connectivity index (χ3n) is 4.43. The second-order valence-electron chi connectivity index (χ2n) is 6.19. The van der Waals surface area contributed by atoms with Crippen molar-refractivity contribution < 1.29 is 19.1 Å². The van der Waals surface area contributed by atoms with E-state index in [9.17, 15) is 14.4 Å². The summed E-state index contributed by atoms with van der Waals surface area (Å²) in [5.41, 5.74) is 3.07. The van der Waals surface area contributed by atoms with Gasteiger partial charge in [-0.05, 0) is 30.5 Å². The molecule has 2 aromatic rings. The number of esters is 1. The van der Waals surface area contributed by atoms with E-state index in [1.807, 2.05) is 18.2 Å². The zero-order chi connectivity index (χ0) is 18.0. The SMILES string of the molecule is CC(=O)c1cc(C(=O)OCC(=O)N2CCc3ccccc3C2)n(C)c1. The first-order valence-corrected chi connectivity index (χ1v) is 8.14. The fourth-order valence-corrected chi connectivity index (χ4v) is 2.96. The Morgan fingerprint density at radius 1 is 1.16 bits per heavy atom. The third kappa shape index (κ3) is 3.63. The van der Waals surface area contributed by atoms with Crippen molar-refractivity contribution in [1.82, 2.24) is 9.47 Å². The van der Waals surface area contributed by atoms with Gasteiger partial charge in [0.15, 0.2) is 12.4 Å². The van der Waals surface area contributed by atoms with E-state index in [4.69, 9.17) is 4.74 Å². The Labute approximate surface area is 146 Å². The maximum atomic E-state index is 12.3. The maximum absolute atomic E-state index is 12.3. The summed E-state index contributed by atoms with van der Waals surface area (Å²) in [7, 11) is 1.66. The Balaban J connectivity index is 1.59. The van der Waals surface area contributed by atoms with Gasteiger partial charge in [-0.15, -0.1) is 0 Å². The average molecular weight is 340 g/mol. The zero-order valence-electron chi connectivity index (χ0n) is 14.3. The molecule has 130 valence electrons. The van der Waals surface area contributed by atoms with E-state index >= 15 is 0 Å². The van der Waals surface area contributed by atoms with Crippen molar-refractivity contribution in [3.05, 3.63) is 58.9 Å². The van der Waals surface area contributed by atoms with Crippen molar-refractivity contribution >= 4 is 17.7 Å². The normalized spacial score (nSPS) is 13.3. The molecule has 0 atom stereocenters. The fourth-order valence-electron chi connectivity index (χ4n) is 2.96. The number of benzene rings is 1. The lowest BCUT2D eigenvalue weighted by Crippen LogP contribution is -2.38. The number of carbonyl (C=O) groups excluding carboxylic acids is 3. The van der Waals surface area contributed by atoms with Gasteiger partial charge in [-0.2, -0.15) is 0 Å². The van der Waals surface area contributed by atoms with Crippen LogP contribution in [0.2, 0.25) is 0 Å². The van der Waals surface area contributed by atoms with Gasteiger partial charge in [-0.3, -0.25) is 9.59 Å². The van der Waals surface area contributed by atoms with Gasteiger partial charge < -0.3 is 14.2 Å². The summed E-state index contributed by atoms with van der Waals surface area (Å²) in [6.45, 7) is 2.28. The van der Waals surface area contributed by atoms with E-state index < -0.39 is 5.97 Å². The van der Waals surface area contributed by atoms with Gasteiger partial charge in [0.1, 0.15) is 5.69 Å². The lowest BCUT2D eigenvalue weighted by atomic mass is 10.00. The van der Waals surface area contributed by atoms with Crippen molar-refractivity contribution in [2.75, 3.05) is 13.2 Å². The van der Waals surface area contributed by atoms with Crippen LogP contribution in [0.25, 0.3) is 0 Å². The van der Waals surface area contributed by atoms with Crippen molar-refractivity contribution in [3.63, 3.8) is 0 Å². The molecular formula is C19H20N2O4. The predicted molar refractivity (Wildman–Crippen MR) is 91.3 cm³/mol. The predicted octanol–water partition coefficient (Wildman–Crippen LogP) is 1.97. The van der Waals surface area contributed by atoms with E-state index in [0.29, 0.717) is 18.7 Å². The zero-order valence-corrected chi connectivity index (χ0v) is 14.3. The Bertz CT molecular complexity index is 838. The van der Waals surface area contributed by atoms with Crippen LogP contribution in [0.1, 0.15) is 38.9 Å². The van der Waals surface area contributed by atoms with E-state index in [-0.39, 0.29) is 24.0 Å². The topological polar surface area (TPSA) is 68.6 Å². The van der Waals surface area contributed by atoms with Crippen LogP contribution in [0, 0.1) is 0 Å². The fraction of sp³-hybridized carbons (Fsp3) is 0.316. The van der Waals surface area contributed by atoms with Crippen molar-refractivity contribution in [1.29, 1.82) is 0 Å². The molecule has 25 heavy (non-hydrogen) atoms. The number of fused-ring (bicyclic) bond motifs is 1. The lowest BCUT2D eigenvalue weighted by Gasteiger charge is -2.28. The lowest BCUT2D eigenvalue weighted by molar-refractivity contribution is -0.135. The number of aromatic nitrogens is 1. The third-order valence-corrected chi connectivity index (χ3v) is 4.43. The van der Waals surface area contributed by atoms with E-state index in [1.165, 1.54) is 23.1 Å². The first-order chi connectivity index (χ1) is 12.0. The Morgan fingerprint density at radius 2 is 1.88 bits per heavy atom. The van der Waals surface area contributed by atoms with Gasteiger partial charge in [0.25, 0.3) is 5.91 Å². The highest BCUT2D eigenvalue weighted by Crippen LogP contribution is 2.18. The number of ketones is 1. The summed E-state index contributed by atoms with van der Waals surface area (Å²) < 4.78 is 6.67. The molecule has 0 spiro atoms. The molecule has 0 radical (unpaired) electrons. The molecule has 1 aromatic carbocycles. The number of carbonyl (C=O) groups is 3. The minimum atomic E-state index is -0.610. The quantitative estimate of drug-likeness (QED) is 0.630. The van der Waals surface area contributed by atoms with E-state index in [2.05, 4.69) is 6.07 Å². The molecule has 0 saturated heterocycles. The van der Waals surface area contributed by atoms with Crippen molar-refractivity contribution in [2.45, 2.75) is 19.9 Å². The summed E-state index contributed by atoms with van der Waals surface area (Å²) in [5.74, 6) is -0.956. The molecule has 0 fully saturated rings. The molecule has 6 heteroatoms. The second kappa shape index (κ2) is 6.93. The van der Waals surface area contributed by atoms with Crippen LogP contribution in [0.15, 0.2) is 36.5 Å². The number of amides is 1. The summed E-state index contributed by atoms with van der Waals surface area (Å²) in [5, 5.41) is 0. The minimum absolute atomic E-state index is 0.127. The number of aryl methyl sites for hydroxylation is 1. The van der Waals surface area contributed by atoms with Crippen LogP contribution in [0.4, 0.5) is 0 Å². The standard InChI is InChI=1S/C19H20N2O4/c1-13(22)16-9-17(20(2)10-16)19(24)25-12-18(23)21-8-7-14-5-3-4-6-15(14)11-21/h3-6,9-10H,7-8,11-12H2,1-2H3. The number of nitrogens with zero attached hydrogens (tertiary/aromatic N) is 2. The van der Waals surface area contributed by atoms with Crippen molar-refractivity contribution in [2.24, 2.45) is 7.05 Å². The molecule has 0 unspecified atom stereocenters. The van der Waals surface area contributed by atoms with Crippen LogP contribution < -0.4 is 0 Å². The number of hydrogen-bond acceptors (Lipinski definition) is 4. The van der Waals surface area contributed by atoms with Gasteiger partial charge >= 0.3 is 5.97 Å². The van der Waals surface area contributed by atoms with Crippen molar-refractivity contribution in [3.8, 4) is 0 Å². The molecule has 6 nitrogen and oxygen atoms in total. The molecule has 0 N–H and O–H groups in total. The van der Waals surface area contributed by atoms with Gasteiger partial charge in [0.2, 0.25) is 0 Å². The number of rotatable bonds is 4. The van der Waals surface area contributed by atoms with Crippen LogP contribution >= 0.6 is 0 Å². The van der Waals surface area contributed by atoms with Crippen LogP contribution in [0.3, 0.4) is 0 Å². The largest absolute Gasteiger partial charge is 0.451 e. The van der Waals surface area contributed by atoms with Gasteiger partial charge in [-0.25, -0.2) is 4.79 Å². The Morgan fingerprint density at radius 3 is 2.56 bits per heavy atom. The Kier molecular flexibility index (Phi) is 4.70. The molecule has 1 aliphatic heterocycles. The highest BCUT2D eigenvalue weighted by atomic mass is 16.5. The molecule has 3 rings (SSSR count). The van der Waals surface area contributed by atoms with Crippen LogP contribution in [-0.2, 0) is 29.5 Å². The molecule has 0 aliphatic carbocycles. The van der Waals surface area contributed by atoms with Gasteiger partial charge in [-0.1, -0.05) is 24.3 Å². The number of Topliss-reactive ketones (excluding diaryl/α,β-unsaturated/α-hetero) is 1. The average Bonchev–Trinajstić information content (AvgIpc) is 3.01. The summed E-state index contributed by atoms with van der Waals surface area (Å²) in [4.78, 5) is 37.6. The van der Waals surface area contributed by atoms with Crippen LogP contribution in [-0.4, -0.2) is 40.3 Å². The maximum Gasteiger partial charge on any atom is 0.355 e. The molecule has 2 heterocycles. The molecule has 0 bridgehead atoms. The molecule has 0 saturated carbocycles. The monoisotopic (exact) mass is 340 g/mol. The molecular weight excluding hydrogens is 320 g/mol. The molecule has 1 aliphatic rings. The molecule has 1 aromatic heterocycles. The van der Waals surface area contributed by atoms with Gasteiger partial charge in [0, 0.05) is 31.9 Å². The summed E-state index contributed by atoms with van der Waals surface area (Å²) >= 11 is 0. The molecule has 1 amide bonds. The number of ether oxygens (including phenoxy) is 1. The van der Waals surface area contributed by atoms with Crippen LogP contribution in [0.5, 0.6) is 0 Å².